The Balaban J connectivity index is 1.29. The smallest absolute Gasteiger partial charge is 0.264 e. The second kappa shape index (κ2) is 14.1. The van der Waals surface area contributed by atoms with Crippen molar-refractivity contribution in [2.45, 2.75) is 187 Å². The van der Waals surface area contributed by atoms with Gasteiger partial charge < -0.3 is 9.80 Å². The SMILES string of the molecule is C=Cc1cc(C(C)(C)C)ccc1N1c2cc(C)cc3c2B(c2cc4c(cc2N3c2ccc3c(c2)C(C)(C)CCC3(C)C)C(C)(C)CCC4(C)C)c2sc3cc4c(cc3c21)C(C)(C)CCC4(C)C. The van der Waals surface area contributed by atoms with Crippen LogP contribution in [-0.4, -0.2) is 6.71 Å². The molecule has 0 radical (unpaired) electrons. The quantitative estimate of drug-likeness (QED) is 0.163. The van der Waals surface area contributed by atoms with Gasteiger partial charge in [-0.3, -0.25) is 0 Å². The summed E-state index contributed by atoms with van der Waals surface area (Å²) < 4.78 is 2.86. The van der Waals surface area contributed by atoms with Gasteiger partial charge in [0.05, 0.1) is 11.4 Å². The molecule has 67 heavy (non-hydrogen) atoms. The molecule has 0 spiro atoms. The van der Waals surface area contributed by atoms with Gasteiger partial charge in [-0.05, 0) is 199 Å². The number of aryl methyl sites for hydroxylation is 1. The molecular formula is C63H75BN2S. The van der Waals surface area contributed by atoms with Crippen molar-refractivity contribution in [2.75, 3.05) is 9.80 Å². The van der Waals surface area contributed by atoms with Gasteiger partial charge >= 0.3 is 0 Å². The van der Waals surface area contributed by atoms with E-state index in [9.17, 15) is 0 Å². The van der Waals surface area contributed by atoms with Crippen molar-refractivity contribution in [1.29, 1.82) is 0 Å². The van der Waals surface area contributed by atoms with E-state index in [2.05, 4.69) is 217 Å². The van der Waals surface area contributed by atoms with E-state index in [0.717, 1.165) is 0 Å². The summed E-state index contributed by atoms with van der Waals surface area (Å²) in [7, 11) is 0. The van der Waals surface area contributed by atoms with E-state index in [-0.39, 0.29) is 44.6 Å². The van der Waals surface area contributed by atoms with Crippen LogP contribution in [-0.2, 0) is 37.9 Å². The molecule has 4 heteroatoms. The first kappa shape index (κ1) is 44.9. The van der Waals surface area contributed by atoms with Crippen LogP contribution in [0.3, 0.4) is 0 Å². The molecule has 2 aliphatic heterocycles. The van der Waals surface area contributed by atoms with Crippen LogP contribution in [0, 0.1) is 6.92 Å². The highest BCUT2D eigenvalue weighted by Gasteiger charge is 2.49. The van der Waals surface area contributed by atoms with E-state index in [1.807, 2.05) is 0 Å². The third-order valence-corrected chi connectivity index (χ3v) is 19.4. The highest BCUT2D eigenvalue weighted by Crippen LogP contribution is 2.56. The standard InChI is InChI=1S/C63H75BN2S/c1-18-38-31-39(57(3,4)5)19-22-49(38)66-52-30-37(2)29-51-54(52)64(56-55(66)41-33-44-47(36-53(41)67-56)63(16,17)28-25-60(44,10)11)48-34-45-46(62(14,15)27-26-61(45,12)13)35-50(48)65(51)40-20-21-42-43(32-40)59(8,9)24-23-58(42,6)7/h18-22,29-36H,1,23-28H2,2-17H3. The van der Waals surface area contributed by atoms with Crippen LogP contribution in [0.4, 0.5) is 34.1 Å². The van der Waals surface area contributed by atoms with Crippen molar-refractivity contribution < 1.29 is 0 Å². The third-order valence-electron chi connectivity index (χ3n) is 18.2. The monoisotopic (exact) mass is 903 g/mol. The van der Waals surface area contributed by atoms with Crippen molar-refractivity contribution >= 4 is 84.0 Å². The zero-order valence-electron chi connectivity index (χ0n) is 43.8. The fraction of sp³-hybridized carbons (Fsp3) is 0.460. The van der Waals surface area contributed by atoms with E-state index >= 15 is 0 Å². The lowest BCUT2D eigenvalue weighted by Gasteiger charge is -2.47. The van der Waals surface area contributed by atoms with Crippen molar-refractivity contribution in [2.24, 2.45) is 0 Å². The van der Waals surface area contributed by atoms with Crippen LogP contribution in [0.25, 0.3) is 16.2 Å². The van der Waals surface area contributed by atoms with Gasteiger partial charge in [-0.1, -0.05) is 135 Å². The fourth-order valence-electron chi connectivity index (χ4n) is 13.4. The molecule has 346 valence electrons. The second-order valence-corrected chi connectivity index (χ2v) is 27.8. The predicted octanol–water partition coefficient (Wildman–Crippen LogP) is 16.3. The molecule has 0 fully saturated rings. The van der Waals surface area contributed by atoms with E-state index in [0.29, 0.717) is 0 Å². The lowest BCUT2D eigenvalue weighted by molar-refractivity contribution is 0.332. The molecule has 0 bridgehead atoms. The summed E-state index contributed by atoms with van der Waals surface area (Å²) >= 11 is 2.07. The number of nitrogens with zero attached hydrogens (tertiary/aromatic N) is 2. The Labute approximate surface area is 408 Å². The van der Waals surface area contributed by atoms with E-state index in [1.54, 1.807) is 0 Å². The Morgan fingerprint density at radius 3 is 1.61 bits per heavy atom. The highest BCUT2D eigenvalue weighted by atomic mass is 32.1. The number of anilines is 6. The van der Waals surface area contributed by atoms with Gasteiger partial charge in [0.1, 0.15) is 0 Å². The van der Waals surface area contributed by atoms with Gasteiger partial charge in [0, 0.05) is 37.6 Å². The first-order chi connectivity index (χ1) is 31.1. The molecule has 0 N–H and O–H groups in total. The van der Waals surface area contributed by atoms with Crippen LogP contribution in [0.1, 0.15) is 192 Å². The van der Waals surface area contributed by atoms with Crippen LogP contribution >= 0.6 is 11.3 Å². The van der Waals surface area contributed by atoms with Crippen molar-refractivity contribution in [3.63, 3.8) is 0 Å². The minimum absolute atomic E-state index is 0.00776. The van der Waals surface area contributed by atoms with Crippen molar-refractivity contribution in [3.05, 3.63) is 129 Å². The highest BCUT2D eigenvalue weighted by molar-refractivity contribution is 7.33. The number of hydrogen-bond donors (Lipinski definition) is 0. The summed E-state index contributed by atoms with van der Waals surface area (Å²) in [5.41, 5.74) is 24.1. The summed E-state index contributed by atoms with van der Waals surface area (Å²) in [4.78, 5) is 5.41. The Morgan fingerprint density at radius 1 is 0.537 bits per heavy atom. The summed E-state index contributed by atoms with van der Waals surface area (Å²) in [6.07, 6.45) is 9.26. The summed E-state index contributed by atoms with van der Waals surface area (Å²) in [5.74, 6) is 0. The molecule has 2 nitrogen and oxygen atoms in total. The normalized spacial score (nSPS) is 20.9. The maximum atomic E-state index is 4.51. The molecule has 5 aliphatic rings. The largest absolute Gasteiger partial charge is 0.311 e. The van der Waals surface area contributed by atoms with Crippen LogP contribution < -0.4 is 25.5 Å². The van der Waals surface area contributed by atoms with Crippen molar-refractivity contribution in [1.82, 2.24) is 0 Å². The molecule has 0 unspecified atom stereocenters. The van der Waals surface area contributed by atoms with E-state index in [4.69, 9.17) is 0 Å². The van der Waals surface area contributed by atoms with Gasteiger partial charge in [0.2, 0.25) is 0 Å². The lowest BCUT2D eigenvalue weighted by atomic mass is 9.35. The van der Waals surface area contributed by atoms with Gasteiger partial charge in [-0.15, -0.1) is 11.3 Å². The second-order valence-electron chi connectivity index (χ2n) is 26.7. The number of thiophene rings is 1. The van der Waals surface area contributed by atoms with Gasteiger partial charge in [-0.25, -0.2) is 0 Å². The molecule has 3 aliphatic carbocycles. The minimum Gasteiger partial charge on any atom is -0.311 e. The number of rotatable bonds is 3. The average molecular weight is 903 g/mol. The Kier molecular flexibility index (Phi) is 9.42. The zero-order chi connectivity index (χ0) is 47.9. The molecule has 3 heterocycles. The maximum Gasteiger partial charge on any atom is 0.264 e. The van der Waals surface area contributed by atoms with Crippen LogP contribution in [0.2, 0.25) is 0 Å². The van der Waals surface area contributed by atoms with Gasteiger partial charge in [0.25, 0.3) is 6.71 Å². The lowest BCUT2D eigenvalue weighted by Crippen LogP contribution is -2.61. The van der Waals surface area contributed by atoms with Gasteiger partial charge in [-0.2, -0.15) is 0 Å². The molecule has 0 amide bonds. The molecular weight excluding hydrogens is 828 g/mol. The molecule has 0 saturated heterocycles. The van der Waals surface area contributed by atoms with Gasteiger partial charge in [0.15, 0.2) is 0 Å². The average Bonchev–Trinajstić information content (AvgIpc) is 3.62. The Morgan fingerprint density at radius 2 is 1.04 bits per heavy atom. The number of fused-ring (bicyclic) bond motifs is 9. The molecule has 1 aromatic heterocycles. The molecule has 0 saturated carbocycles. The topological polar surface area (TPSA) is 6.48 Å². The molecule has 5 aromatic carbocycles. The first-order valence-electron chi connectivity index (χ1n) is 25.6. The summed E-state index contributed by atoms with van der Waals surface area (Å²) in [6, 6.07) is 30.5. The van der Waals surface area contributed by atoms with E-state index in [1.165, 1.54) is 149 Å². The molecule has 6 aromatic rings. The predicted molar refractivity (Wildman–Crippen MR) is 295 cm³/mol. The summed E-state index contributed by atoms with van der Waals surface area (Å²) in [6.45, 7) is 43.7. The van der Waals surface area contributed by atoms with E-state index < -0.39 is 0 Å². The minimum atomic E-state index is 0.00776. The summed E-state index contributed by atoms with van der Waals surface area (Å²) in [5, 5.41) is 1.39. The fourth-order valence-corrected chi connectivity index (χ4v) is 14.7. The van der Waals surface area contributed by atoms with Crippen LogP contribution in [0.15, 0.2) is 79.4 Å². The maximum absolute atomic E-state index is 4.51. The Bertz CT molecular complexity index is 3120. The number of hydrogen-bond acceptors (Lipinski definition) is 3. The molecule has 0 atom stereocenters. The van der Waals surface area contributed by atoms with Crippen LogP contribution in [0.5, 0.6) is 0 Å². The zero-order valence-corrected chi connectivity index (χ0v) is 44.7. The Hall–Kier alpha value is -4.54. The molecule has 11 rings (SSSR count). The van der Waals surface area contributed by atoms with Crippen molar-refractivity contribution in [3.8, 4) is 0 Å². The first-order valence-corrected chi connectivity index (χ1v) is 26.4. The number of benzene rings is 5. The third kappa shape index (κ3) is 6.53.